The Morgan fingerprint density at radius 3 is 2.71 bits per heavy atom. The lowest BCUT2D eigenvalue weighted by Crippen LogP contribution is -2.59. The molecule has 5 atom stereocenters. The number of aliphatic hydroxyl groups excluding tert-OH is 1. The zero-order valence-corrected chi connectivity index (χ0v) is 10.7. The number of rotatable bonds is 1. The predicted octanol–water partition coefficient (Wildman–Crippen LogP) is -0.128. The third-order valence-electron chi connectivity index (χ3n) is 2.93. The zero-order chi connectivity index (χ0) is 12.8. The minimum absolute atomic E-state index is 0.493. The summed E-state index contributed by atoms with van der Waals surface area (Å²) in [7, 11) is 1.69. The molecule has 0 aromatic carbocycles. The van der Waals surface area contributed by atoms with Gasteiger partial charge in [0.2, 0.25) is 0 Å². The SMILES string of the molecule is CNC1=N[C@@H]2[C@@H](F)[C@H](O)[C@@H](C(C)(C)O)O[C@@H]2S1. The number of nitrogens with one attached hydrogen (secondary N) is 1. The lowest BCUT2D eigenvalue weighted by molar-refractivity contribution is -0.195. The second-order valence-electron chi connectivity index (χ2n) is 4.81. The lowest BCUT2D eigenvalue weighted by Gasteiger charge is -2.42. The first kappa shape index (κ1) is 13.1. The summed E-state index contributed by atoms with van der Waals surface area (Å²) in [6.45, 7) is 2.99. The van der Waals surface area contributed by atoms with E-state index in [1.807, 2.05) is 0 Å². The largest absolute Gasteiger partial charge is 0.388 e. The van der Waals surface area contributed by atoms with Crippen LogP contribution in [-0.4, -0.2) is 57.9 Å². The van der Waals surface area contributed by atoms with Gasteiger partial charge in [-0.3, -0.25) is 4.99 Å². The number of hydrogen-bond donors (Lipinski definition) is 3. The Bertz CT molecular complexity index is 334. The van der Waals surface area contributed by atoms with Crippen LogP contribution in [0.4, 0.5) is 4.39 Å². The van der Waals surface area contributed by atoms with Gasteiger partial charge in [0, 0.05) is 7.05 Å². The van der Waals surface area contributed by atoms with Crippen LogP contribution >= 0.6 is 11.8 Å². The monoisotopic (exact) mass is 264 g/mol. The summed E-state index contributed by atoms with van der Waals surface area (Å²) in [5.41, 5.74) is -1.79. The molecule has 0 unspecified atom stereocenters. The van der Waals surface area contributed by atoms with Gasteiger partial charge in [-0.25, -0.2) is 4.39 Å². The predicted molar refractivity (Wildman–Crippen MR) is 63.7 cm³/mol. The van der Waals surface area contributed by atoms with Crippen molar-refractivity contribution in [2.24, 2.45) is 4.99 Å². The van der Waals surface area contributed by atoms with Crippen molar-refractivity contribution in [3.63, 3.8) is 0 Å². The van der Waals surface area contributed by atoms with Gasteiger partial charge in [-0.1, -0.05) is 11.8 Å². The van der Waals surface area contributed by atoms with Crippen LogP contribution in [0.3, 0.4) is 0 Å². The maximum atomic E-state index is 14.0. The summed E-state index contributed by atoms with van der Waals surface area (Å²) in [6, 6.07) is -0.712. The second-order valence-corrected chi connectivity index (χ2v) is 5.89. The van der Waals surface area contributed by atoms with Crippen molar-refractivity contribution in [2.45, 2.75) is 49.3 Å². The van der Waals surface area contributed by atoms with Gasteiger partial charge in [0.1, 0.15) is 23.7 Å². The normalized spacial score (nSPS) is 42.0. The molecule has 5 nitrogen and oxygen atoms in total. The van der Waals surface area contributed by atoms with E-state index in [-0.39, 0.29) is 0 Å². The third kappa shape index (κ3) is 2.29. The number of nitrogens with zero attached hydrogens (tertiary/aromatic N) is 1. The van der Waals surface area contributed by atoms with Gasteiger partial charge < -0.3 is 20.3 Å². The highest BCUT2D eigenvalue weighted by molar-refractivity contribution is 8.14. The first-order valence-electron chi connectivity index (χ1n) is 5.47. The number of aliphatic imine (C=N–C) groups is 1. The summed E-state index contributed by atoms with van der Waals surface area (Å²) < 4.78 is 19.6. The molecule has 0 aromatic rings. The molecule has 0 bridgehead atoms. The molecule has 1 saturated heterocycles. The number of halogens is 1. The number of fused-ring (bicyclic) bond motifs is 1. The number of aliphatic hydroxyl groups is 2. The van der Waals surface area contributed by atoms with Crippen molar-refractivity contribution in [3.8, 4) is 0 Å². The highest BCUT2D eigenvalue weighted by Crippen LogP contribution is 2.39. The third-order valence-corrected chi connectivity index (χ3v) is 4.08. The van der Waals surface area contributed by atoms with Crippen molar-refractivity contribution >= 4 is 16.9 Å². The molecule has 0 amide bonds. The van der Waals surface area contributed by atoms with E-state index < -0.39 is 35.5 Å². The second kappa shape index (κ2) is 4.38. The van der Waals surface area contributed by atoms with Gasteiger partial charge in [0.15, 0.2) is 11.3 Å². The molecule has 3 N–H and O–H groups in total. The quantitative estimate of drug-likeness (QED) is 0.615. The van der Waals surface area contributed by atoms with Crippen LogP contribution in [0, 0.1) is 0 Å². The maximum absolute atomic E-state index is 14.0. The first-order valence-corrected chi connectivity index (χ1v) is 6.34. The standard InChI is InChI=1S/C10H17FN2O3S/c1-10(2,15)7-6(14)4(11)5-8(16-7)17-9(12-3)13-5/h4-8,14-15H,1-3H3,(H,12,13)/t4-,5-,6+,7+,8-/m1/s1. The minimum Gasteiger partial charge on any atom is -0.388 e. The van der Waals surface area contributed by atoms with Crippen molar-refractivity contribution in [2.75, 3.05) is 7.05 Å². The minimum atomic E-state index is -1.52. The van der Waals surface area contributed by atoms with E-state index in [9.17, 15) is 14.6 Å². The lowest BCUT2D eigenvalue weighted by atomic mass is 9.89. The highest BCUT2D eigenvalue weighted by Gasteiger charge is 2.52. The van der Waals surface area contributed by atoms with E-state index >= 15 is 0 Å². The summed E-state index contributed by atoms with van der Waals surface area (Å²) in [5.74, 6) is 0. The molecular weight excluding hydrogens is 247 g/mol. The average Bonchev–Trinajstić information content (AvgIpc) is 2.65. The summed E-state index contributed by atoms with van der Waals surface area (Å²) >= 11 is 1.27. The Morgan fingerprint density at radius 2 is 2.18 bits per heavy atom. The molecule has 2 rings (SSSR count). The molecule has 2 aliphatic rings. The molecule has 0 saturated carbocycles. The van der Waals surface area contributed by atoms with Crippen LogP contribution < -0.4 is 5.32 Å². The fourth-order valence-corrected chi connectivity index (χ4v) is 3.08. The van der Waals surface area contributed by atoms with Crippen molar-refractivity contribution in [1.82, 2.24) is 5.32 Å². The molecule has 98 valence electrons. The number of amidine groups is 1. The Kier molecular flexibility index (Phi) is 3.37. The Labute approximate surface area is 103 Å². The maximum Gasteiger partial charge on any atom is 0.159 e. The van der Waals surface area contributed by atoms with Crippen LogP contribution in [0.1, 0.15) is 13.8 Å². The zero-order valence-electron chi connectivity index (χ0n) is 9.92. The molecule has 2 heterocycles. The average molecular weight is 264 g/mol. The molecule has 0 radical (unpaired) electrons. The smallest absolute Gasteiger partial charge is 0.159 e. The molecule has 7 heteroatoms. The van der Waals surface area contributed by atoms with Gasteiger partial charge >= 0.3 is 0 Å². The van der Waals surface area contributed by atoms with Gasteiger partial charge in [0.25, 0.3) is 0 Å². The van der Waals surface area contributed by atoms with Gasteiger partial charge in [0.05, 0.1) is 5.60 Å². The van der Waals surface area contributed by atoms with E-state index in [0.29, 0.717) is 5.17 Å². The molecule has 0 aromatic heterocycles. The van der Waals surface area contributed by atoms with E-state index in [4.69, 9.17) is 4.74 Å². The molecule has 1 fully saturated rings. The summed E-state index contributed by atoms with van der Waals surface area (Å²) in [6.07, 6.45) is -3.84. The van der Waals surface area contributed by atoms with Crippen molar-refractivity contribution < 1.29 is 19.3 Å². The van der Waals surface area contributed by atoms with Crippen LogP contribution in [0.25, 0.3) is 0 Å². The van der Waals surface area contributed by atoms with Gasteiger partial charge in [-0.15, -0.1) is 0 Å². The number of alkyl halides is 1. The summed E-state index contributed by atoms with van der Waals surface area (Å²) in [5, 5.41) is 23.1. The Morgan fingerprint density at radius 1 is 1.53 bits per heavy atom. The van der Waals surface area contributed by atoms with E-state index in [1.54, 1.807) is 7.05 Å². The van der Waals surface area contributed by atoms with Crippen LogP contribution in [-0.2, 0) is 4.74 Å². The van der Waals surface area contributed by atoms with Crippen LogP contribution in [0.5, 0.6) is 0 Å². The Balaban J connectivity index is 2.18. The molecule has 0 aliphatic carbocycles. The number of thioether (sulfide) groups is 1. The van der Waals surface area contributed by atoms with Gasteiger partial charge in [-0.05, 0) is 13.8 Å². The Hall–Kier alpha value is -0.370. The first-order chi connectivity index (χ1) is 7.84. The topological polar surface area (TPSA) is 74.1 Å². The van der Waals surface area contributed by atoms with Gasteiger partial charge in [-0.2, -0.15) is 0 Å². The van der Waals surface area contributed by atoms with Crippen LogP contribution in [0.2, 0.25) is 0 Å². The highest BCUT2D eigenvalue weighted by atomic mass is 32.2. The number of hydrogen-bond acceptors (Lipinski definition) is 6. The molecule has 2 aliphatic heterocycles. The molecular formula is C10H17FN2O3S. The van der Waals surface area contributed by atoms with Crippen molar-refractivity contribution in [3.05, 3.63) is 0 Å². The van der Waals surface area contributed by atoms with E-state index in [0.717, 1.165) is 0 Å². The summed E-state index contributed by atoms with van der Waals surface area (Å²) in [4.78, 5) is 4.10. The van der Waals surface area contributed by atoms with E-state index in [1.165, 1.54) is 25.6 Å². The van der Waals surface area contributed by atoms with Crippen LogP contribution in [0.15, 0.2) is 4.99 Å². The fourth-order valence-electron chi connectivity index (χ4n) is 2.04. The van der Waals surface area contributed by atoms with E-state index in [2.05, 4.69) is 10.3 Å². The fraction of sp³-hybridized carbons (Fsp3) is 0.900. The molecule has 0 spiro atoms. The molecule has 17 heavy (non-hydrogen) atoms. The number of ether oxygens (including phenoxy) is 1. The van der Waals surface area contributed by atoms with Crippen molar-refractivity contribution in [1.29, 1.82) is 0 Å².